The number of nitriles is 1. The van der Waals surface area contributed by atoms with Crippen LogP contribution in [0.1, 0.15) is 12.5 Å². The molecule has 5 heteroatoms. The summed E-state index contributed by atoms with van der Waals surface area (Å²) in [6.45, 7) is 2.52. The molecule has 1 N–H and O–H groups in total. The summed E-state index contributed by atoms with van der Waals surface area (Å²) in [5.74, 6) is -0.446. The smallest absolute Gasteiger partial charge is 0.125 e. The van der Waals surface area contributed by atoms with Crippen LogP contribution in [0.4, 0.5) is 10.1 Å². The summed E-state index contributed by atoms with van der Waals surface area (Å²) < 4.78 is 13.3. The van der Waals surface area contributed by atoms with E-state index in [4.69, 9.17) is 16.9 Å². The molecule has 1 aromatic heterocycles. The number of benzene rings is 1. The number of fused-ring (bicyclic) bond motifs is 1. The monoisotopic (exact) mass is 249 g/mol. The summed E-state index contributed by atoms with van der Waals surface area (Å²) in [5.41, 5.74) is 1.44. The van der Waals surface area contributed by atoms with Crippen LogP contribution >= 0.6 is 11.6 Å². The topological polar surface area (TPSA) is 48.7 Å². The number of aromatic nitrogens is 1. The van der Waals surface area contributed by atoms with Gasteiger partial charge in [-0.1, -0.05) is 11.6 Å². The SMILES string of the molecule is CCNc1c(C#N)cnc2c(Cl)cc(F)cc12. The standard InChI is InChI=1S/C12H9ClFN3/c1-2-16-11-7(5-15)6-17-12-9(11)3-8(14)4-10(12)13/h3-4,6H,2H2,1H3,(H,16,17). The van der Waals surface area contributed by atoms with Gasteiger partial charge in [-0.05, 0) is 19.1 Å². The van der Waals surface area contributed by atoms with Crippen molar-refractivity contribution in [2.75, 3.05) is 11.9 Å². The zero-order chi connectivity index (χ0) is 12.4. The maximum Gasteiger partial charge on any atom is 0.125 e. The summed E-state index contributed by atoms with van der Waals surface area (Å²) in [7, 11) is 0. The lowest BCUT2D eigenvalue weighted by atomic mass is 10.1. The van der Waals surface area contributed by atoms with E-state index < -0.39 is 5.82 Å². The van der Waals surface area contributed by atoms with Gasteiger partial charge in [-0.2, -0.15) is 5.26 Å². The molecule has 0 saturated heterocycles. The number of pyridine rings is 1. The van der Waals surface area contributed by atoms with Crippen molar-refractivity contribution >= 4 is 28.2 Å². The van der Waals surface area contributed by atoms with Crippen molar-refractivity contribution in [3.63, 3.8) is 0 Å². The first kappa shape index (κ1) is 11.6. The fourth-order valence-electron chi connectivity index (χ4n) is 1.68. The van der Waals surface area contributed by atoms with Crippen LogP contribution < -0.4 is 5.32 Å². The highest BCUT2D eigenvalue weighted by Gasteiger charge is 2.11. The predicted octanol–water partition coefficient (Wildman–Crippen LogP) is 3.33. The molecule has 0 unspecified atom stereocenters. The lowest BCUT2D eigenvalue weighted by molar-refractivity contribution is 0.629. The molecule has 1 heterocycles. The van der Waals surface area contributed by atoms with Crippen molar-refractivity contribution in [3.8, 4) is 6.07 Å². The van der Waals surface area contributed by atoms with E-state index in [-0.39, 0.29) is 5.02 Å². The summed E-state index contributed by atoms with van der Waals surface area (Å²) in [6, 6.07) is 4.55. The van der Waals surface area contributed by atoms with Crippen LogP contribution in [0, 0.1) is 17.1 Å². The van der Waals surface area contributed by atoms with E-state index in [9.17, 15) is 4.39 Å². The molecule has 0 spiro atoms. The Morgan fingerprint density at radius 1 is 1.53 bits per heavy atom. The van der Waals surface area contributed by atoms with Crippen LogP contribution in [0.25, 0.3) is 10.9 Å². The molecule has 0 aliphatic carbocycles. The van der Waals surface area contributed by atoms with Gasteiger partial charge >= 0.3 is 0 Å². The fraction of sp³-hybridized carbons (Fsp3) is 0.167. The average Bonchev–Trinajstić information content (AvgIpc) is 2.30. The van der Waals surface area contributed by atoms with Crippen LogP contribution in [-0.2, 0) is 0 Å². The largest absolute Gasteiger partial charge is 0.384 e. The third kappa shape index (κ3) is 2.02. The lowest BCUT2D eigenvalue weighted by Crippen LogP contribution is -2.01. The average molecular weight is 250 g/mol. The summed E-state index contributed by atoms with van der Waals surface area (Å²) >= 11 is 5.92. The Labute approximate surface area is 103 Å². The molecular weight excluding hydrogens is 241 g/mol. The second-order valence-electron chi connectivity index (χ2n) is 3.47. The van der Waals surface area contributed by atoms with E-state index in [0.717, 1.165) is 0 Å². The maximum atomic E-state index is 13.3. The van der Waals surface area contributed by atoms with E-state index in [1.54, 1.807) is 0 Å². The molecular formula is C12H9ClFN3. The van der Waals surface area contributed by atoms with E-state index in [0.29, 0.717) is 28.7 Å². The van der Waals surface area contributed by atoms with Crippen molar-refractivity contribution < 1.29 is 4.39 Å². The second kappa shape index (κ2) is 4.56. The van der Waals surface area contributed by atoms with Gasteiger partial charge in [0.25, 0.3) is 0 Å². The Kier molecular flexibility index (Phi) is 3.12. The molecule has 3 nitrogen and oxygen atoms in total. The molecule has 86 valence electrons. The van der Waals surface area contributed by atoms with Gasteiger partial charge in [-0.3, -0.25) is 4.98 Å². The van der Waals surface area contributed by atoms with Gasteiger partial charge in [0.15, 0.2) is 0 Å². The minimum atomic E-state index is -0.446. The highest BCUT2D eigenvalue weighted by atomic mass is 35.5. The van der Waals surface area contributed by atoms with Gasteiger partial charge in [0.1, 0.15) is 11.9 Å². The Morgan fingerprint density at radius 2 is 2.29 bits per heavy atom. The Hall–Kier alpha value is -1.86. The zero-order valence-electron chi connectivity index (χ0n) is 9.09. The zero-order valence-corrected chi connectivity index (χ0v) is 9.85. The Morgan fingerprint density at radius 3 is 2.94 bits per heavy atom. The summed E-state index contributed by atoms with van der Waals surface area (Å²) in [5, 5.41) is 12.8. The minimum Gasteiger partial charge on any atom is -0.384 e. The second-order valence-corrected chi connectivity index (χ2v) is 3.88. The molecule has 0 aliphatic heterocycles. The number of nitrogens with one attached hydrogen (secondary N) is 1. The van der Waals surface area contributed by atoms with Gasteiger partial charge < -0.3 is 5.32 Å². The van der Waals surface area contributed by atoms with Crippen molar-refractivity contribution in [1.82, 2.24) is 4.98 Å². The van der Waals surface area contributed by atoms with E-state index in [1.807, 2.05) is 13.0 Å². The lowest BCUT2D eigenvalue weighted by Gasteiger charge is -2.10. The van der Waals surface area contributed by atoms with Gasteiger partial charge in [0.2, 0.25) is 0 Å². The Bertz CT molecular complexity index is 619. The molecule has 0 bridgehead atoms. The van der Waals surface area contributed by atoms with Gasteiger partial charge in [-0.25, -0.2) is 4.39 Å². The molecule has 0 saturated carbocycles. The van der Waals surface area contributed by atoms with Crippen LogP contribution in [0.2, 0.25) is 5.02 Å². The molecule has 17 heavy (non-hydrogen) atoms. The number of halogens is 2. The third-order valence-electron chi connectivity index (χ3n) is 2.36. The van der Waals surface area contributed by atoms with E-state index in [1.165, 1.54) is 18.3 Å². The van der Waals surface area contributed by atoms with E-state index in [2.05, 4.69) is 10.3 Å². The van der Waals surface area contributed by atoms with Crippen LogP contribution in [-0.4, -0.2) is 11.5 Å². The molecule has 0 aliphatic rings. The third-order valence-corrected chi connectivity index (χ3v) is 2.65. The first-order valence-electron chi connectivity index (χ1n) is 5.09. The number of hydrogen-bond donors (Lipinski definition) is 1. The molecule has 2 aromatic rings. The number of nitrogens with zero attached hydrogens (tertiary/aromatic N) is 2. The predicted molar refractivity (Wildman–Crippen MR) is 65.6 cm³/mol. The van der Waals surface area contributed by atoms with Gasteiger partial charge in [0, 0.05) is 18.1 Å². The molecule has 2 rings (SSSR count). The first-order chi connectivity index (χ1) is 8.17. The first-order valence-corrected chi connectivity index (χ1v) is 5.47. The van der Waals surface area contributed by atoms with Crippen LogP contribution in [0.3, 0.4) is 0 Å². The molecule has 0 atom stereocenters. The quantitative estimate of drug-likeness (QED) is 0.888. The molecule has 0 fully saturated rings. The Balaban J connectivity index is 2.84. The van der Waals surface area contributed by atoms with Crippen molar-refractivity contribution in [3.05, 3.63) is 34.7 Å². The number of anilines is 1. The maximum absolute atomic E-state index is 13.3. The van der Waals surface area contributed by atoms with Crippen molar-refractivity contribution in [1.29, 1.82) is 5.26 Å². The number of hydrogen-bond acceptors (Lipinski definition) is 3. The fourth-order valence-corrected chi connectivity index (χ4v) is 1.93. The van der Waals surface area contributed by atoms with E-state index >= 15 is 0 Å². The molecule has 0 radical (unpaired) electrons. The summed E-state index contributed by atoms with van der Waals surface area (Å²) in [6.07, 6.45) is 1.43. The highest BCUT2D eigenvalue weighted by Crippen LogP contribution is 2.30. The number of rotatable bonds is 2. The highest BCUT2D eigenvalue weighted by molar-refractivity contribution is 6.35. The van der Waals surface area contributed by atoms with Gasteiger partial charge in [0.05, 0.1) is 21.8 Å². The minimum absolute atomic E-state index is 0.239. The normalized spacial score (nSPS) is 10.2. The van der Waals surface area contributed by atoms with Crippen molar-refractivity contribution in [2.24, 2.45) is 0 Å². The van der Waals surface area contributed by atoms with Crippen LogP contribution in [0.15, 0.2) is 18.3 Å². The molecule has 1 aromatic carbocycles. The van der Waals surface area contributed by atoms with Gasteiger partial charge in [-0.15, -0.1) is 0 Å². The van der Waals surface area contributed by atoms with Crippen LogP contribution in [0.5, 0.6) is 0 Å². The molecule has 0 amide bonds. The van der Waals surface area contributed by atoms with Crippen molar-refractivity contribution in [2.45, 2.75) is 6.92 Å². The summed E-state index contributed by atoms with van der Waals surface area (Å²) in [4.78, 5) is 4.07.